The fourth-order valence-corrected chi connectivity index (χ4v) is 4.44. The molecule has 1 saturated heterocycles. The van der Waals surface area contributed by atoms with E-state index >= 15 is 0 Å². The minimum absolute atomic E-state index is 0.407. The van der Waals surface area contributed by atoms with Gasteiger partial charge in [0.1, 0.15) is 5.75 Å². The van der Waals surface area contributed by atoms with Gasteiger partial charge in [0.15, 0.2) is 12.2 Å². The molecule has 1 aliphatic rings. The van der Waals surface area contributed by atoms with E-state index in [0.717, 1.165) is 15.2 Å². The number of ether oxygens (including phenoxy) is 5. The number of fused-ring (bicyclic) bond motifs is 1. The molecular formula is C20H20Br2O7. The molecule has 0 aromatic heterocycles. The van der Waals surface area contributed by atoms with Crippen LogP contribution in [0.15, 0.2) is 34.8 Å². The summed E-state index contributed by atoms with van der Waals surface area (Å²) in [5, 5.41) is 1.82. The van der Waals surface area contributed by atoms with E-state index < -0.39 is 34.8 Å². The maximum absolute atomic E-state index is 12.2. The quantitative estimate of drug-likeness (QED) is 0.430. The first-order valence-corrected chi connectivity index (χ1v) is 10.4. The highest BCUT2D eigenvalue weighted by atomic mass is 79.9. The number of halogens is 2. The Kier molecular flexibility index (Phi) is 6.52. The Morgan fingerprint density at radius 2 is 1.62 bits per heavy atom. The predicted molar refractivity (Wildman–Crippen MR) is 112 cm³/mol. The van der Waals surface area contributed by atoms with Crippen LogP contribution >= 0.6 is 31.9 Å². The average Bonchev–Trinajstić information content (AvgIpc) is 3.15. The lowest BCUT2D eigenvalue weighted by atomic mass is 9.99. The standard InChI is InChI=1S/C20H20Br2O7/c1-10(21)20(28-16(18(23)26-3)17(29-20)19(24)27-4)12-6-7-13-11(9-12)5-8-14(25-2)15(13)22/h5-10,16-17H,1-4H3/t10?,16-,17-/m0/s1. The number of methoxy groups -OCH3 is 3. The fourth-order valence-electron chi connectivity index (χ4n) is 3.30. The average molecular weight is 532 g/mol. The Morgan fingerprint density at radius 1 is 1.03 bits per heavy atom. The number of carbonyl (C=O) groups is 2. The zero-order chi connectivity index (χ0) is 21.3. The number of carbonyl (C=O) groups excluding carboxylic acids is 2. The van der Waals surface area contributed by atoms with E-state index in [9.17, 15) is 9.59 Å². The SMILES string of the molecule is COC(=O)[C@H]1OC(c2ccc3c(Br)c(OC)ccc3c2)(C(C)Br)O[C@@H]1C(=O)OC. The normalized spacial score (nSPS) is 21.6. The minimum Gasteiger partial charge on any atom is -0.496 e. The molecule has 2 aromatic carbocycles. The molecule has 9 heteroatoms. The third kappa shape index (κ3) is 3.76. The predicted octanol–water partition coefficient (Wildman–Crippen LogP) is 3.68. The summed E-state index contributed by atoms with van der Waals surface area (Å²) in [6.07, 6.45) is -2.52. The third-order valence-electron chi connectivity index (χ3n) is 4.81. The summed E-state index contributed by atoms with van der Waals surface area (Å²) in [6.45, 7) is 1.81. The molecular weight excluding hydrogens is 512 g/mol. The van der Waals surface area contributed by atoms with E-state index in [-0.39, 0.29) is 0 Å². The van der Waals surface area contributed by atoms with E-state index in [2.05, 4.69) is 31.9 Å². The van der Waals surface area contributed by atoms with Gasteiger partial charge >= 0.3 is 11.9 Å². The molecule has 3 rings (SSSR count). The first-order valence-electron chi connectivity index (χ1n) is 8.71. The summed E-state index contributed by atoms with van der Waals surface area (Å²) in [6, 6.07) is 9.33. The summed E-state index contributed by atoms with van der Waals surface area (Å²) < 4.78 is 27.8. The Labute approximate surface area is 184 Å². The summed E-state index contributed by atoms with van der Waals surface area (Å²) in [4.78, 5) is 24.1. The second kappa shape index (κ2) is 8.59. The monoisotopic (exact) mass is 530 g/mol. The van der Waals surface area contributed by atoms with Gasteiger partial charge in [0, 0.05) is 5.56 Å². The van der Waals surface area contributed by atoms with E-state index in [1.54, 1.807) is 7.11 Å². The van der Waals surface area contributed by atoms with Crippen LogP contribution in [0, 0.1) is 0 Å². The largest absolute Gasteiger partial charge is 0.496 e. The van der Waals surface area contributed by atoms with Crippen molar-refractivity contribution in [3.63, 3.8) is 0 Å². The molecule has 156 valence electrons. The van der Waals surface area contributed by atoms with Crippen LogP contribution in [0.25, 0.3) is 10.8 Å². The van der Waals surface area contributed by atoms with Gasteiger partial charge in [0.25, 0.3) is 0 Å². The smallest absolute Gasteiger partial charge is 0.338 e. The van der Waals surface area contributed by atoms with Crippen molar-refractivity contribution < 1.29 is 33.3 Å². The molecule has 0 N–H and O–H groups in total. The molecule has 1 unspecified atom stereocenters. The first-order chi connectivity index (χ1) is 13.8. The molecule has 0 spiro atoms. The van der Waals surface area contributed by atoms with Crippen molar-refractivity contribution in [1.82, 2.24) is 0 Å². The number of hydrogen-bond donors (Lipinski definition) is 0. The zero-order valence-electron chi connectivity index (χ0n) is 16.2. The molecule has 29 heavy (non-hydrogen) atoms. The molecule has 1 aliphatic heterocycles. The summed E-state index contributed by atoms with van der Waals surface area (Å²) in [5.74, 6) is -2.13. The van der Waals surface area contributed by atoms with Gasteiger partial charge in [-0.2, -0.15) is 0 Å². The molecule has 0 saturated carbocycles. The Balaban J connectivity index is 2.12. The van der Waals surface area contributed by atoms with Crippen molar-refractivity contribution in [2.75, 3.05) is 21.3 Å². The van der Waals surface area contributed by atoms with Gasteiger partial charge in [0.05, 0.1) is 30.6 Å². The van der Waals surface area contributed by atoms with Crippen LogP contribution in [0.1, 0.15) is 12.5 Å². The molecule has 0 aliphatic carbocycles. The number of hydrogen-bond acceptors (Lipinski definition) is 7. The highest BCUT2D eigenvalue weighted by molar-refractivity contribution is 9.10. The van der Waals surface area contributed by atoms with Gasteiger partial charge in [0.2, 0.25) is 5.79 Å². The lowest BCUT2D eigenvalue weighted by molar-refractivity contribution is -0.192. The van der Waals surface area contributed by atoms with Gasteiger partial charge in [-0.15, -0.1) is 0 Å². The van der Waals surface area contributed by atoms with Crippen molar-refractivity contribution in [3.8, 4) is 5.75 Å². The maximum atomic E-state index is 12.2. The van der Waals surface area contributed by atoms with Gasteiger partial charge in [-0.05, 0) is 45.8 Å². The minimum atomic E-state index is -1.40. The lowest BCUT2D eigenvalue weighted by Crippen LogP contribution is -2.38. The van der Waals surface area contributed by atoms with Crippen LogP contribution in [0.3, 0.4) is 0 Å². The van der Waals surface area contributed by atoms with Gasteiger partial charge in [-0.1, -0.05) is 34.1 Å². The number of esters is 2. The van der Waals surface area contributed by atoms with E-state index in [1.165, 1.54) is 14.2 Å². The summed E-state index contributed by atoms with van der Waals surface area (Å²) >= 11 is 7.06. The summed E-state index contributed by atoms with van der Waals surface area (Å²) in [7, 11) is 4.04. The van der Waals surface area contributed by atoms with E-state index in [0.29, 0.717) is 11.3 Å². The molecule has 0 amide bonds. The van der Waals surface area contributed by atoms with Gasteiger partial charge < -0.3 is 23.7 Å². The topological polar surface area (TPSA) is 80.3 Å². The highest BCUT2D eigenvalue weighted by Gasteiger charge is 2.57. The molecule has 3 atom stereocenters. The molecule has 1 fully saturated rings. The number of benzene rings is 2. The summed E-state index contributed by atoms with van der Waals surface area (Å²) in [5.41, 5.74) is 0.631. The van der Waals surface area contributed by atoms with Crippen molar-refractivity contribution in [3.05, 3.63) is 40.4 Å². The molecule has 7 nitrogen and oxygen atoms in total. The second-order valence-electron chi connectivity index (χ2n) is 6.42. The van der Waals surface area contributed by atoms with Crippen LogP contribution in [0.2, 0.25) is 0 Å². The van der Waals surface area contributed by atoms with Crippen molar-refractivity contribution in [1.29, 1.82) is 0 Å². The Bertz CT molecular complexity index is 920. The highest BCUT2D eigenvalue weighted by Crippen LogP contribution is 2.45. The first kappa shape index (κ1) is 22.0. The van der Waals surface area contributed by atoms with Crippen molar-refractivity contribution >= 4 is 54.6 Å². The fraction of sp³-hybridized carbons (Fsp3) is 0.400. The van der Waals surface area contributed by atoms with Crippen LogP contribution in [-0.4, -0.2) is 50.3 Å². The number of rotatable bonds is 5. The lowest BCUT2D eigenvalue weighted by Gasteiger charge is -2.31. The molecule has 0 bridgehead atoms. The Hall–Kier alpha value is -1.68. The zero-order valence-corrected chi connectivity index (χ0v) is 19.4. The van der Waals surface area contributed by atoms with Crippen LogP contribution in [0.5, 0.6) is 5.75 Å². The van der Waals surface area contributed by atoms with Crippen molar-refractivity contribution in [2.45, 2.75) is 29.7 Å². The number of alkyl halides is 1. The third-order valence-corrected chi connectivity index (χ3v) is 6.23. The van der Waals surface area contributed by atoms with Crippen LogP contribution in [-0.2, 0) is 34.3 Å². The second-order valence-corrected chi connectivity index (χ2v) is 8.59. The van der Waals surface area contributed by atoms with Gasteiger partial charge in [-0.3, -0.25) is 0 Å². The van der Waals surface area contributed by atoms with E-state index in [1.807, 2.05) is 37.3 Å². The van der Waals surface area contributed by atoms with Crippen LogP contribution < -0.4 is 4.74 Å². The Morgan fingerprint density at radius 3 is 2.10 bits per heavy atom. The molecule has 1 heterocycles. The maximum Gasteiger partial charge on any atom is 0.338 e. The van der Waals surface area contributed by atoms with Gasteiger partial charge in [-0.25, -0.2) is 9.59 Å². The molecule has 0 radical (unpaired) electrons. The van der Waals surface area contributed by atoms with Crippen LogP contribution in [0.4, 0.5) is 0 Å². The van der Waals surface area contributed by atoms with E-state index in [4.69, 9.17) is 23.7 Å². The van der Waals surface area contributed by atoms with Crippen molar-refractivity contribution in [2.24, 2.45) is 0 Å². The molecule has 2 aromatic rings.